The number of benzene rings is 1. The Morgan fingerprint density at radius 3 is 2.79 bits per heavy atom. The minimum absolute atomic E-state index is 0.0917. The van der Waals surface area contributed by atoms with E-state index in [1.165, 1.54) is 11.3 Å². The number of nitrogen functional groups attached to an aromatic ring is 1. The Bertz CT molecular complexity index is 937. The van der Waals surface area contributed by atoms with Crippen LogP contribution in [0, 0.1) is 0 Å². The van der Waals surface area contributed by atoms with Crippen molar-refractivity contribution in [3.63, 3.8) is 0 Å². The van der Waals surface area contributed by atoms with Gasteiger partial charge in [0.25, 0.3) is 0 Å². The zero-order valence-corrected chi connectivity index (χ0v) is 13.2. The first-order valence-electron chi connectivity index (χ1n) is 7.20. The molecule has 24 heavy (non-hydrogen) atoms. The van der Waals surface area contributed by atoms with Crippen LogP contribution >= 0.6 is 11.3 Å². The maximum Gasteiger partial charge on any atom is 0.365 e. The summed E-state index contributed by atoms with van der Waals surface area (Å²) >= 11 is 1.19. The van der Waals surface area contributed by atoms with Crippen LogP contribution in [0.3, 0.4) is 0 Å². The lowest BCUT2D eigenvalue weighted by Crippen LogP contribution is -1.98. The Balaban J connectivity index is 1.86. The van der Waals surface area contributed by atoms with E-state index in [0.29, 0.717) is 24.5 Å². The standard InChI is InChI=1S/C16H12N4O3S/c17-16-18-6-9(7-19-16)8-1-2-11-10(5-8)13-12(3-4-23-11)24-14(20-13)15(21)22/h1-2,5-7H,3-4H2,(H,21,22)(H2,17,18,19). The highest BCUT2D eigenvalue weighted by Gasteiger charge is 2.23. The molecule has 0 radical (unpaired) electrons. The predicted molar refractivity (Wildman–Crippen MR) is 89.1 cm³/mol. The van der Waals surface area contributed by atoms with E-state index in [4.69, 9.17) is 10.5 Å². The molecule has 0 saturated heterocycles. The molecule has 8 heteroatoms. The first-order chi connectivity index (χ1) is 11.6. The Morgan fingerprint density at radius 1 is 1.25 bits per heavy atom. The summed E-state index contributed by atoms with van der Waals surface area (Å²) in [4.78, 5) is 24.4. The molecular formula is C16H12N4O3S. The van der Waals surface area contributed by atoms with Gasteiger partial charge in [-0.15, -0.1) is 11.3 Å². The molecule has 1 aliphatic rings. The topological polar surface area (TPSA) is 111 Å². The molecule has 0 amide bonds. The highest BCUT2D eigenvalue weighted by molar-refractivity contribution is 7.14. The van der Waals surface area contributed by atoms with E-state index in [1.54, 1.807) is 12.4 Å². The molecule has 0 unspecified atom stereocenters. The number of aromatic carboxylic acids is 1. The Labute approximate surface area is 140 Å². The van der Waals surface area contributed by atoms with Gasteiger partial charge < -0.3 is 15.6 Å². The van der Waals surface area contributed by atoms with Gasteiger partial charge in [-0.2, -0.15) is 0 Å². The van der Waals surface area contributed by atoms with E-state index in [-0.39, 0.29) is 11.0 Å². The van der Waals surface area contributed by atoms with Gasteiger partial charge in [0.1, 0.15) is 5.75 Å². The summed E-state index contributed by atoms with van der Waals surface area (Å²) in [6, 6.07) is 5.68. The number of aromatic nitrogens is 3. The van der Waals surface area contributed by atoms with Crippen LogP contribution in [0.4, 0.5) is 5.95 Å². The summed E-state index contributed by atoms with van der Waals surface area (Å²) in [5, 5.41) is 9.29. The van der Waals surface area contributed by atoms with Gasteiger partial charge in [0.05, 0.1) is 12.3 Å². The quantitative estimate of drug-likeness (QED) is 0.737. The average Bonchev–Trinajstić information content (AvgIpc) is 2.93. The molecule has 3 heterocycles. The summed E-state index contributed by atoms with van der Waals surface area (Å²) in [6.45, 7) is 0.492. The smallest absolute Gasteiger partial charge is 0.365 e. The van der Waals surface area contributed by atoms with Crippen LogP contribution in [0.15, 0.2) is 30.6 Å². The van der Waals surface area contributed by atoms with Crippen molar-refractivity contribution in [3.8, 4) is 28.1 Å². The fourth-order valence-corrected chi connectivity index (χ4v) is 3.48. The minimum atomic E-state index is -1.02. The second-order valence-electron chi connectivity index (χ2n) is 5.24. The summed E-state index contributed by atoms with van der Waals surface area (Å²) < 4.78 is 5.77. The highest BCUT2D eigenvalue weighted by atomic mass is 32.1. The Kier molecular flexibility index (Phi) is 3.39. The number of carboxylic acid groups (broad SMARTS) is 1. The molecule has 0 aliphatic carbocycles. The highest BCUT2D eigenvalue weighted by Crippen LogP contribution is 2.39. The first kappa shape index (κ1) is 14.6. The number of fused-ring (bicyclic) bond motifs is 3. The van der Waals surface area contributed by atoms with Crippen molar-refractivity contribution in [3.05, 3.63) is 40.5 Å². The van der Waals surface area contributed by atoms with E-state index in [1.807, 2.05) is 18.2 Å². The van der Waals surface area contributed by atoms with E-state index < -0.39 is 5.97 Å². The third-order valence-corrected chi connectivity index (χ3v) is 4.81. The molecule has 120 valence electrons. The van der Waals surface area contributed by atoms with Crippen molar-refractivity contribution in [1.29, 1.82) is 0 Å². The fourth-order valence-electron chi connectivity index (χ4n) is 2.58. The van der Waals surface area contributed by atoms with E-state index in [2.05, 4.69) is 15.0 Å². The molecule has 3 aromatic rings. The molecule has 7 nitrogen and oxygen atoms in total. The largest absolute Gasteiger partial charge is 0.493 e. The lowest BCUT2D eigenvalue weighted by molar-refractivity contribution is 0.0696. The second-order valence-corrected chi connectivity index (χ2v) is 6.32. The number of anilines is 1. The van der Waals surface area contributed by atoms with E-state index in [0.717, 1.165) is 21.6 Å². The van der Waals surface area contributed by atoms with Crippen LogP contribution in [0.1, 0.15) is 14.7 Å². The SMILES string of the molecule is Nc1ncc(-c2ccc3c(c2)-c2nc(C(=O)O)sc2CCO3)cn1. The summed E-state index contributed by atoms with van der Waals surface area (Å²) in [7, 11) is 0. The number of thiazole rings is 1. The first-order valence-corrected chi connectivity index (χ1v) is 8.01. The van der Waals surface area contributed by atoms with Crippen molar-refractivity contribution >= 4 is 23.3 Å². The van der Waals surface area contributed by atoms with Crippen LogP contribution < -0.4 is 10.5 Å². The molecule has 0 spiro atoms. The molecule has 2 aromatic heterocycles. The van der Waals surface area contributed by atoms with Crippen molar-refractivity contribution in [2.45, 2.75) is 6.42 Å². The van der Waals surface area contributed by atoms with Gasteiger partial charge in [0.15, 0.2) is 0 Å². The number of hydrogen-bond acceptors (Lipinski definition) is 7. The molecule has 1 aromatic carbocycles. The summed E-state index contributed by atoms with van der Waals surface area (Å²) in [5.74, 6) is -0.112. The van der Waals surface area contributed by atoms with Crippen LogP contribution in [0.25, 0.3) is 22.4 Å². The van der Waals surface area contributed by atoms with E-state index >= 15 is 0 Å². The molecule has 3 N–H and O–H groups in total. The van der Waals surface area contributed by atoms with Crippen LogP contribution in [0.5, 0.6) is 5.75 Å². The number of carboxylic acids is 1. The van der Waals surface area contributed by atoms with Gasteiger partial charge >= 0.3 is 5.97 Å². The lowest BCUT2D eigenvalue weighted by Gasteiger charge is -2.09. The minimum Gasteiger partial charge on any atom is -0.493 e. The van der Waals surface area contributed by atoms with Crippen molar-refractivity contribution in [1.82, 2.24) is 15.0 Å². The molecule has 0 bridgehead atoms. The van der Waals surface area contributed by atoms with Crippen molar-refractivity contribution in [2.24, 2.45) is 0 Å². The van der Waals surface area contributed by atoms with Gasteiger partial charge in [-0.05, 0) is 17.7 Å². The normalized spacial score (nSPS) is 12.7. The summed E-state index contributed by atoms with van der Waals surface area (Å²) in [6.07, 6.45) is 3.92. The fraction of sp³-hybridized carbons (Fsp3) is 0.125. The van der Waals surface area contributed by atoms with Crippen molar-refractivity contribution < 1.29 is 14.6 Å². The third kappa shape index (κ3) is 2.46. The molecule has 0 fully saturated rings. The Morgan fingerprint density at radius 2 is 2.04 bits per heavy atom. The van der Waals surface area contributed by atoms with Gasteiger partial charge in [0.2, 0.25) is 11.0 Å². The van der Waals surface area contributed by atoms with Gasteiger partial charge in [-0.1, -0.05) is 6.07 Å². The Hall–Kier alpha value is -3.00. The molecule has 4 rings (SSSR count). The van der Waals surface area contributed by atoms with Gasteiger partial charge in [0, 0.05) is 34.8 Å². The molecule has 0 saturated carbocycles. The zero-order chi connectivity index (χ0) is 16.7. The number of nitrogens with zero attached hydrogens (tertiary/aromatic N) is 3. The van der Waals surface area contributed by atoms with Gasteiger partial charge in [-0.3, -0.25) is 0 Å². The number of rotatable bonds is 2. The molecule has 1 aliphatic heterocycles. The average molecular weight is 340 g/mol. The maximum absolute atomic E-state index is 11.2. The number of ether oxygens (including phenoxy) is 1. The van der Waals surface area contributed by atoms with Crippen LogP contribution in [0.2, 0.25) is 0 Å². The predicted octanol–water partition coefficient (Wildman–Crippen LogP) is 2.48. The maximum atomic E-state index is 11.2. The second kappa shape index (κ2) is 5.57. The monoisotopic (exact) mass is 340 g/mol. The van der Waals surface area contributed by atoms with Crippen LogP contribution in [-0.4, -0.2) is 32.6 Å². The summed E-state index contributed by atoms with van der Waals surface area (Å²) in [5.41, 5.74) is 8.67. The van der Waals surface area contributed by atoms with Crippen LogP contribution in [-0.2, 0) is 6.42 Å². The third-order valence-electron chi connectivity index (χ3n) is 3.71. The van der Waals surface area contributed by atoms with Crippen molar-refractivity contribution in [2.75, 3.05) is 12.3 Å². The molecular weight excluding hydrogens is 328 g/mol. The molecule has 0 atom stereocenters. The number of hydrogen-bond donors (Lipinski definition) is 2. The number of nitrogens with two attached hydrogens (primary N) is 1. The van der Waals surface area contributed by atoms with Gasteiger partial charge in [-0.25, -0.2) is 19.7 Å². The zero-order valence-electron chi connectivity index (χ0n) is 12.4. The lowest BCUT2D eigenvalue weighted by atomic mass is 10.0. The van der Waals surface area contributed by atoms with E-state index in [9.17, 15) is 9.90 Å². The number of carbonyl (C=O) groups is 1.